The number of imide groups is 1. The highest BCUT2D eigenvalue weighted by atomic mass is 16.5. The molecule has 120 valence electrons. The van der Waals surface area contributed by atoms with Crippen molar-refractivity contribution in [3.8, 4) is 0 Å². The van der Waals surface area contributed by atoms with Gasteiger partial charge < -0.3 is 4.74 Å². The van der Waals surface area contributed by atoms with E-state index < -0.39 is 0 Å². The lowest BCUT2D eigenvalue weighted by molar-refractivity contribution is 0.0539. The van der Waals surface area contributed by atoms with Gasteiger partial charge in [0, 0.05) is 12.5 Å². The van der Waals surface area contributed by atoms with Crippen molar-refractivity contribution in [3.05, 3.63) is 59.7 Å². The first-order valence-electron chi connectivity index (χ1n) is 7.61. The maximum Gasteiger partial charge on any atom is 0.267 e. The third-order valence-corrected chi connectivity index (χ3v) is 4.29. The van der Waals surface area contributed by atoms with Crippen molar-refractivity contribution in [2.75, 3.05) is 12.0 Å². The summed E-state index contributed by atoms with van der Waals surface area (Å²) in [4.78, 5) is 26.6. The van der Waals surface area contributed by atoms with E-state index in [1.807, 2.05) is 31.2 Å². The monoisotopic (exact) mass is 321 g/mol. The molecular formula is C18H15N3O3. The third-order valence-electron chi connectivity index (χ3n) is 4.29. The second-order valence-electron chi connectivity index (χ2n) is 5.61. The van der Waals surface area contributed by atoms with E-state index >= 15 is 0 Å². The number of anilines is 1. The SMILES string of the molecule is COC(C)n1nc(N2C(=O)c3ccccc3C2=O)c2ccccc21. The van der Waals surface area contributed by atoms with Crippen LogP contribution in [0.5, 0.6) is 0 Å². The molecule has 0 aliphatic carbocycles. The Morgan fingerprint density at radius 3 is 2.17 bits per heavy atom. The number of carbonyl (C=O) groups excluding carboxylic acids is 2. The highest BCUT2D eigenvalue weighted by Crippen LogP contribution is 2.33. The fourth-order valence-electron chi connectivity index (χ4n) is 3.00. The Balaban J connectivity index is 1.93. The number of nitrogens with zero attached hydrogens (tertiary/aromatic N) is 3. The van der Waals surface area contributed by atoms with Crippen LogP contribution in [0.4, 0.5) is 5.82 Å². The van der Waals surface area contributed by atoms with Crippen molar-refractivity contribution < 1.29 is 14.3 Å². The fraction of sp³-hybridized carbons (Fsp3) is 0.167. The predicted molar refractivity (Wildman–Crippen MR) is 89.0 cm³/mol. The van der Waals surface area contributed by atoms with E-state index in [0.29, 0.717) is 16.9 Å². The van der Waals surface area contributed by atoms with E-state index in [1.54, 1.807) is 36.1 Å². The molecular weight excluding hydrogens is 306 g/mol. The van der Waals surface area contributed by atoms with Crippen LogP contribution in [0.2, 0.25) is 0 Å². The van der Waals surface area contributed by atoms with Crippen molar-refractivity contribution in [2.45, 2.75) is 13.2 Å². The maximum absolute atomic E-state index is 12.7. The lowest BCUT2D eigenvalue weighted by Crippen LogP contribution is -2.30. The molecule has 0 saturated heterocycles. The molecule has 3 aromatic rings. The van der Waals surface area contributed by atoms with Crippen LogP contribution in [0, 0.1) is 0 Å². The van der Waals surface area contributed by atoms with Crippen LogP contribution >= 0.6 is 0 Å². The summed E-state index contributed by atoms with van der Waals surface area (Å²) in [5.74, 6) is -0.368. The minimum absolute atomic E-state index is 0.321. The van der Waals surface area contributed by atoms with Gasteiger partial charge in [0.1, 0.15) is 6.23 Å². The number of methoxy groups -OCH3 is 1. The fourth-order valence-corrected chi connectivity index (χ4v) is 3.00. The number of fused-ring (bicyclic) bond motifs is 2. The molecule has 1 aliphatic rings. The van der Waals surface area contributed by atoms with Gasteiger partial charge >= 0.3 is 0 Å². The summed E-state index contributed by atoms with van der Waals surface area (Å²) < 4.78 is 7.02. The second-order valence-corrected chi connectivity index (χ2v) is 5.61. The van der Waals surface area contributed by atoms with Crippen LogP contribution in [0.1, 0.15) is 33.9 Å². The molecule has 1 aromatic heterocycles. The molecule has 0 radical (unpaired) electrons. The summed E-state index contributed by atoms with van der Waals surface area (Å²) in [6.07, 6.45) is -0.321. The number of ether oxygens (including phenoxy) is 1. The molecule has 0 bridgehead atoms. The van der Waals surface area contributed by atoms with Gasteiger partial charge in [-0.05, 0) is 31.2 Å². The van der Waals surface area contributed by atoms with Crippen molar-refractivity contribution in [1.29, 1.82) is 0 Å². The number of para-hydroxylation sites is 1. The summed E-state index contributed by atoms with van der Waals surface area (Å²) in [5.41, 5.74) is 1.61. The van der Waals surface area contributed by atoms with Gasteiger partial charge in [-0.2, -0.15) is 5.10 Å². The van der Waals surface area contributed by atoms with Crippen LogP contribution in [0.15, 0.2) is 48.5 Å². The van der Waals surface area contributed by atoms with Gasteiger partial charge in [0.15, 0.2) is 5.82 Å². The van der Waals surface area contributed by atoms with Gasteiger partial charge in [0.2, 0.25) is 0 Å². The highest BCUT2D eigenvalue weighted by molar-refractivity contribution is 6.35. The molecule has 2 aromatic carbocycles. The molecule has 2 heterocycles. The Labute approximate surface area is 138 Å². The number of aromatic nitrogens is 2. The van der Waals surface area contributed by atoms with Gasteiger partial charge in [-0.3, -0.25) is 9.59 Å². The Bertz CT molecular complexity index is 942. The van der Waals surface area contributed by atoms with Gasteiger partial charge in [-0.1, -0.05) is 24.3 Å². The summed E-state index contributed by atoms with van der Waals surface area (Å²) in [6.45, 7) is 1.85. The van der Waals surface area contributed by atoms with Crippen molar-refractivity contribution >= 4 is 28.5 Å². The highest BCUT2D eigenvalue weighted by Gasteiger charge is 2.39. The van der Waals surface area contributed by atoms with Crippen LogP contribution in [-0.2, 0) is 4.74 Å². The average molecular weight is 321 g/mol. The molecule has 2 amide bonds. The van der Waals surface area contributed by atoms with Gasteiger partial charge in [-0.25, -0.2) is 9.58 Å². The average Bonchev–Trinajstić information content (AvgIpc) is 3.11. The molecule has 0 spiro atoms. The number of carbonyl (C=O) groups is 2. The number of benzene rings is 2. The molecule has 0 saturated carbocycles. The third kappa shape index (κ3) is 1.90. The Morgan fingerprint density at radius 1 is 0.958 bits per heavy atom. The number of hydrogen-bond donors (Lipinski definition) is 0. The van der Waals surface area contributed by atoms with Crippen LogP contribution in [0.25, 0.3) is 10.9 Å². The minimum Gasteiger partial charge on any atom is -0.360 e. The number of hydrogen-bond acceptors (Lipinski definition) is 4. The van der Waals surface area contributed by atoms with Crippen LogP contribution in [0.3, 0.4) is 0 Å². The van der Waals surface area contributed by atoms with E-state index in [4.69, 9.17) is 4.74 Å². The topological polar surface area (TPSA) is 64.4 Å². The normalized spacial score (nSPS) is 15.2. The van der Waals surface area contributed by atoms with E-state index in [9.17, 15) is 9.59 Å². The van der Waals surface area contributed by atoms with Gasteiger partial charge in [0.05, 0.1) is 16.6 Å². The largest absolute Gasteiger partial charge is 0.360 e. The first-order chi connectivity index (χ1) is 11.6. The summed E-state index contributed by atoms with van der Waals surface area (Å²) in [5, 5.41) is 5.23. The van der Waals surface area contributed by atoms with E-state index in [0.717, 1.165) is 15.8 Å². The van der Waals surface area contributed by atoms with Crippen molar-refractivity contribution in [3.63, 3.8) is 0 Å². The number of rotatable bonds is 3. The Morgan fingerprint density at radius 2 is 1.54 bits per heavy atom. The van der Waals surface area contributed by atoms with Crippen molar-refractivity contribution in [2.24, 2.45) is 0 Å². The maximum atomic E-state index is 12.7. The second kappa shape index (κ2) is 5.28. The lowest BCUT2D eigenvalue weighted by Gasteiger charge is -2.12. The Kier molecular flexibility index (Phi) is 3.21. The quantitative estimate of drug-likeness (QED) is 0.696. The predicted octanol–water partition coefficient (Wildman–Crippen LogP) is 3.00. The molecule has 6 nitrogen and oxygen atoms in total. The van der Waals surface area contributed by atoms with Gasteiger partial charge in [0.25, 0.3) is 11.8 Å². The Hall–Kier alpha value is -2.99. The molecule has 1 atom stereocenters. The molecule has 6 heteroatoms. The minimum atomic E-state index is -0.351. The van der Waals surface area contributed by atoms with Crippen LogP contribution < -0.4 is 4.90 Å². The van der Waals surface area contributed by atoms with Gasteiger partial charge in [-0.15, -0.1) is 0 Å². The zero-order valence-corrected chi connectivity index (χ0v) is 13.3. The van der Waals surface area contributed by atoms with Crippen LogP contribution in [-0.4, -0.2) is 28.7 Å². The van der Waals surface area contributed by atoms with Crippen molar-refractivity contribution in [1.82, 2.24) is 9.78 Å². The zero-order valence-electron chi connectivity index (χ0n) is 13.3. The molecule has 24 heavy (non-hydrogen) atoms. The van der Waals surface area contributed by atoms with E-state index in [2.05, 4.69) is 5.10 Å². The van der Waals surface area contributed by atoms with E-state index in [1.165, 1.54) is 0 Å². The number of amides is 2. The smallest absolute Gasteiger partial charge is 0.267 e. The molecule has 0 N–H and O–H groups in total. The first-order valence-corrected chi connectivity index (χ1v) is 7.61. The summed E-state index contributed by atoms with van der Waals surface area (Å²) >= 11 is 0. The molecule has 4 rings (SSSR count). The first kappa shape index (κ1) is 14.6. The molecule has 0 fully saturated rings. The lowest BCUT2D eigenvalue weighted by atomic mass is 10.1. The summed E-state index contributed by atoms with van der Waals surface area (Å²) in [7, 11) is 1.59. The molecule has 1 aliphatic heterocycles. The summed E-state index contributed by atoms with van der Waals surface area (Å²) in [6, 6.07) is 14.3. The zero-order chi connectivity index (χ0) is 16.8. The standard InChI is InChI=1S/C18H15N3O3/c1-11(24-2)21-15-10-6-5-9-14(15)16(19-21)20-17(22)12-7-3-4-8-13(12)18(20)23/h3-11H,1-2H3. The molecule has 1 unspecified atom stereocenters. The van der Waals surface area contributed by atoms with E-state index in [-0.39, 0.29) is 18.0 Å².